The Morgan fingerprint density at radius 3 is 2.78 bits per heavy atom. The van der Waals surface area contributed by atoms with E-state index in [1.54, 1.807) is 19.1 Å². The Bertz CT molecular complexity index is 542. The van der Waals surface area contributed by atoms with Crippen molar-refractivity contribution >= 4 is 21.6 Å². The van der Waals surface area contributed by atoms with Gasteiger partial charge >= 0.3 is 0 Å². The van der Waals surface area contributed by atoms with Crippen LogP contribution in [0, 0.1) is 0 Å². The highest BCUT2D eigenvalue weighted by molar-refractivity contribution is 7.89. The first-order valence-electron chi connectivity index (χ1n) is 5.79. The van der Waals surface area contributed by atoms with Crippen molar-refractivity contribution in [2.75, 3.05) is 13.1 Å². The number of hydrogen-bond acceptors (Lipinski definition) is 3. The maximum absolute atomic E-state index is 12.4. The van der Waals surface area contributed by atoms with Gasteiger partial charge in [-0.15, -0.1) is 0 Å². The standard InChI is InChI=1S/C12H16ClNO3S/c1-12(15)6-3-7-14(9-12)18(16,17)11-5-2-4-10(13)8-11/h2,4-5,8,15H,3,6-7,9H2,1H3. The van der Waals surface area contributed by atoms with Crippen LogP contribution >= 0.6 is 11.6 Å². The summed E-state index contributed by atoms with van der Waals surface area (Å²) < 4.78 is 26.1. The summed E-state index contributed by atoms with van der Waals surface area (Å²) in [6.45, 7) is 2.22. The molecule has 2 rings (SSSR count). The van der Waals surface area contributed by atoms with Crippen LogP contribution in [0.3, 0.4) is 0 Å². The minimum absolute atomic E-state index is 0.127. The molecule has 1 heterocycles. The van der Waals surface area contributed by atoms with E-state index in [0.717, 1.165) is 0 Å². The van der Waals surface area contributed by atoms with Gasteiger partial charge in [0.2, 0.25) is 10.0 Å². The fourth-order valence-electron chi connectivity index (χ4n) is 2.16. The number of β-amino-alcohol motifs (C(OH)–C–C–N with tert-alkyl or cyclic N) is 1. The van der Waals surface area contributed by atoms with Gasteiger partial charge in [-0.2, -0.15) is 4.31 Å². The fourth-order valence-corrected chi connectivity index (χ4v) is 4.05. The third-order valence-corrected chi connectivity index (χ3v) is 5.15. The summed E-state index contributed by atoms with van der Waals surface area (Å²) in [4.78, 5) is 0.174. The molecule has 6 heteroatoms. The second kappa shape index (κ2) is 4.81. The Morgan fingerprint density at radius 2 is 2.17 bits per heavy atom. The van der Waals surface area contributed by atoms with Crippen LogP contribution in [0.15, 0.2) is 29.2 Å². The van der Waals surface area contributed by atoms with Crippen molar-refractivity contribution in [1.29, 1.82) is 0 Å². The van der Waals surface area contributed by atoms with Crippen molar-refractivity contribution in [2.45, 2.75) is 30.3 Å². The molecule has 0 saturated carbocycles. The second-order valence-electron chi connectivity index (χ2n) is 4.90. The van der Waals surface area contributed by atoms with Crippen molar-refractivity contribution in [3.63, 3.8) is 0 Å². The highest BCUT2D eigenvalue weighted by Gasteiger charge is 2.35. The lowest BCUT2D eigenvalue weighted by Gasteiger charge is -2.35. The summed E-state index contributed by atoms with van der Waals surface area (Å²) in [7, 11) is -3.57. The number of aliphatic hydroxyl groups is 1. The average molecular weight is 290 g/mol. The molecule has 0 bridgehead atoms. The number of hydrogen-bond donors (Lipinski definition) is 1. The highest BCUT2D eigenvalue weighted by Crippen LogP contribution is 2.26. The first kappa shape index (κ1) is 13.8. The molecule has 1 aromatic rings. The average Bonchev–Trinajstić information content (AvgIpc) is 2.27. The van der Waals surface area contributed by atoms with Crippen LogP contribution in [-0.4, -0.2) is 36.5 Å². The summed E-state index contributed by atoms with van der Waals surface area (Å²) >= 11 is 5.81. The number of piperidine rings is 1. The molecule has 1 aliphatic heterocycles. The van der Waals surface area contributed by atoms with Crippen molar-refractivity contribution in [2.24, 2.45) is 0 Å². The minimum atomic E-state index is -3.57. The van der Waals surface area contributed by atoms with E-state index in [0.29, 0.717) is 24.4 Å². The van der Waals surface area contributed by atoms with Crippen LogP contribution in [-0.2, 0) is 10.0 Å². The summed E-state index contributed by atoms with van der Waals surface area (Å²) in [6, 6.07) is 6.19. The van der Waals surface area contributed by atoms with Crippen molar-refractivity contribution in [3.8, 4) is 0 Å². The monoisotopic (exact) mass is 289 g/mol. The van der Waals surface area contributed by atoms with E-state index in [4.69, 9.17) is 11.6 Å². The van der Waals surface area contributed by atoms with Gasteiger partial charge in [-0.25, -0.2) is 8.42 Å². The lowest BCUT2D eigenvalue weighted by molar-refractivity contribution is 0.00940. The van der Waals surface area contributed by atoms with Gasteiger partial charge in [0.15, 0.2) is 0 Å². The number of rotatable bonds is 2. The second-order valence-corrected chi connectivity index (χ2v) is 7.27. The van der Waals surface area contributed by atoms with E-state index in [2.05, 4.69) is 0 Å². The number of nitrogens with zero attached hydrogens (tertiary/aromatic N) is 1. The topological polar surface area (TPSA) is 57.6 Å². The molecule has 1 aromatic carbocycles. The zero-order valence-corrected chi connectivity index (χ0v) is 11.7. The van der Waals surface area contributed by atoms with E-state index in [1.165, 1.54) is 16.4 Å². The lowest BCUT2D eigenvalue weighted by atomic mass is 9.97. The Hall–Kier alpha value is -0.620. The molecule has 100 valence electrons. The largest absolute Gasteiger partial charge is 0.389 e. The van der Waals surface area contributed by atoms with E-state index < -0.39 is 15.6 Å². The summed E-state index contributed by atoms with van der Waals surface area (Å²) in [5.41, 5.74) is -0.954. The molecule has 0 amide bonds. The van der Waals surface area contributed by atoms with Crippen LogP contribution in [0.5, 0.6) is 0 Å². The molecule has 0 aliphatic carbocycles. The summed E-state index contributed by atoms with van der Waals surface area (Å²) in [6.07, 6.45) is 1.28. The predicted molar refractivity (Wildman–Crippen MR) is 70.1 cm³/mol. The van der Waals surface area contributed by atoms with Gasteiger partial charge in [0.25, 0.3) is 0 Å². The number of benzene rings is 1. The number of halogens is 1. The van der Waals surface area contributed by atoms with Gasteiger partial charge in [0.1, 0.15) is 0 Å². The smallest absolute Gasteiger partial charge is 0.243 e. The molecule has 1 aliphatic rings. The maximum atomic E-state index is 12.4. The van der Waals surface area contributed by atoms with Crippen LogP contribution in [0.1, 0.15) is 19.8 Å². The van der Waals surface area contributed by atoms with Crippen LogP contribution in [0.2, 0.25) is 5.02 Å². The Kier molecular flexibility index (Phi) is 3.69. The molecular formula is C12H16ClNO3S. The van der Waals surface area contributed by atoms with Crippen molar-refractivity contribution in [3.05, 3.63) is 29.3 Å². The highest BCUT2D eigenvalue weighted by atomic mass is 35.5. The third kappa shape index (κ3) is 2.85. The summed E-state index contributed by atoms with van der Waals surface area (Å²) in [5.74, 6) is 0. The van der Waals surface area contributed by atoms with Gasteiger partial charge < -0.3 is 5.11 Å². The first-order valence-corrected chi connectivity index (χ1v) is 7.61. The Labute approximate surface area is 112 Å². The molecule has 4 nitrogen and oxygen atoms in total. The Balaban J connectivity index is 2.31. The molecule has 0 aromatic heterocycles. The van der Waals surface area contributed by atoms with E-state index in [1.807, 2.05) is 0 Å². The first-order chi connectivity index (χ1) is 8.31. The van der Waals surface area contributed by atoms with Gasteiger partial charge in [-0.05, 0) is 38.0 Å². The number of sulfonamides is 1. The van der Waals surface area contributed by atoms with Gasteiger partial charge in [-0.1, -0.05) is 17.7 Å². The zero-order chi connectivity index (χ0) is 13.4. The molecule has 0 spiro atoms. The van der Waals surface area contributed by atoms with E-state index >= 15 is 0 Å². The molecule has 1 unspecified atom stereocenters. The minimum Gasteiger partial charge on any atom is -0.389 e. The zero-order valence-electron chi connectivity index (χ0n) is 10.1. The molecule has 1 fully saturated rings. The molecule has 18 heavy (non-hydrogen) atoms. The van der Waals surface area contributed by atoms with E-state index in [9.17, 15) is 13.5 Å². The summed E-state index contributed by atoms with van der Waals surface area (Å²) in [5, 5.41) is 10.4. The molecule has 1 atom stereocenters. The predicted octanol–water partition coefficient (Wildman–Crippen LogP) is 1.88. The quantitative estimate of drug-likeness (QED) is 0.904. The van der Waals surface area contributed by atoms with Gasteiger partial charge in [0.05, 0.1) is 10.5 Å². The molecule has 0 radical (unpaired) electrons. The van der Waals surface area contributed by atoms with Crippen LogP contribution in [0.25, 0.3) is 0 Å². The fraction of sp³-hybridized carbons (Fsp3) is 0.500. The van der Waals surface area contributed by atoms with E-state index in [-0.39, 0.29) is 11.4 Å². The Morgan fingerprint density at radius 1 is 1.44 bits per heavy atom. The van der Waals surface area contributed by atoms with Crippen LogP contribution < -0.4 is 0 Å². The lowest BCUT2D eigenvalue weighted by Crippen LogP contribution is -2.48. The van der Waals surface area contributed by atoms with Gasteiger partial charge in [-0.3, -0.25) is 0 Å². The molecule has 1 saturated heterocycles. The normalized spacial score (nSPS) is 26.2. The SMILES string of the molecule is CC1(O)CCCN(S(=O)(=O)c2cccc(Cl)c2)C1. The molecule has 1 N–H and O–H groups in total. The van der Waals surface area contributed by atoms with Gasteiger partial charge in [0, 0.05) is 18.1 Å². The van der Waals surface area contributed by atoms with Crippen molar-refractivity contribution < 1.29 is 13.5 Å². The maximum Gasteiger partial charge on any atom is 0.243 e. The third-order valence-electron chi connectivity index (χ3n) is 3.07. The van der Waals surface area contributed by atoms with Crippen molar-refractivity contribution in [1.82, 2.24) is 4.31 Å². The molecular weight excluding hydrogens is 274 g/mol. The van der Waals surface area contributed by atoms with Crippen LogP contribution in [0.4, 0.5) is 0 Å².